The minimum Gasteiger partial charge on any atom is -0.369 e. The number of rotatable bonds is 3. The molecule has 7 nitrogen and oxygen atoms in total. The van der Waals surface area contributed by atoms with Gasteiger partial charge in [0.05, 0.1) is 17.8 Å². The van der Waals surface area contributed by atoms with Crippen LogP contribution in [-0.2, 0) is 4.79 Å². The van der Waals surface area contributed by atoms with Crippen LogP contribution in [-0.4, -0.2) is 65.0 Å². The van der Waals surface area contributed by atoms with E-state index in [1.54, 1.807) is 12.4 Å². The van der Waals surface area contributed by atoms with Gasteiger partial charge in [-0.15, -0.1) is 0 Å². The number of piperidine rings is 1. The topological polar surface area (TPSA) is 65.5 Å². The van der Waals surface area contributed by atoms with Gasteiger partial charge in [0.15, 0.2) is 5.65 Å². The van der Waals surface area contributed by atoms with Crippen molar-refractivity contribution in [2.24, 2.45) is 5.92 Å². The predicted octanol–water partition coefficient (Wildman–Crippen LogP) is 2.90. The molecule has 0 bridgehead atoms. The number of amides is 1. The molecule has 31 heavy (non-hydrogen) atoms. The second kappa shape index (κ2) is 8.49. The van der Waals surface area contributed by atoms with Gasteiger partial charge in [-0.2, -0.15) is 0 Å². The molecule has 2 saturated heterocycles. The fraction of sp³-hybridized carbons (Fsp3) is 0.417. The van der Waals surface area contributed by atoms with Crippen molar-refractivity contribution in [1.82, 2.24) is 19.9 Å². The molecule has 7 heteroatoms. The number of aromatic nitrogens is 3. The number of hydrogen-bond donors (Lipinski definition) is 0. The molecule has 0 spiro atoms. The maximum Gasteiger partial charge on any atom is 0.227 e. The standard InChI is InChI=1S/C24H28N6O/c1-18-5-2-3-7-22(18)28-11-13-29(14-12-28)24(31)19-6-4-10-30(17-19)20-15-21-23(27-16-20)26-9-8-25-21/h2-3,5,7-9,15-16,19H,4,6,10-14,17H2,1H3. The number of para-hydroxylation sites is 1. The minimum atomic E-state index is 0.0383. The summed E-state index contributed by atoms with van der Waals surface area (Å²) in [7, 11) is 0. The molecule has 2 aromatic heterocycles. The molecule has 1 aromatic carbocycles. The van der Waals surface area contributed by atoms with E-state index in [1.165, 1.54) is 11.3 Å². The van der Waals surface area contributed by atoms with E-state index in [-0.39, 0.29) is 5.92 Å². The van der Waals surface area contributed by atoms with E-state index in [0.717, 1.165) is 63.3 Å². The van der Waals surface area contributed by atoms with Gasteiger partial charge in [0.2, 0.25) is 5.91 Å². The van der Waals surface area contributed by atoms with E-state index >= 15 is 0 Å². The van der Waals surface area contributed by atoms with Crippen LogP contribution in [0.4, 0.5) is 11.4 Å². The van der Waals surface area contributed by atoms with Crippen molar-refractivity contribution in [1.29, 1.82) is 0 Å². The highest BCUT2D eigenvalue weighted by Crippen LogP contribution is 2.27. The lowest BCUT2D eigenvalue weighted by molar-refractivity contribution is -0.136. The Bertz CT molecular complexity index is 1080. The van der Waals surface area contributed by atoms with Crippen LogP contribution < -0.4 is 9.80 Å². The Balaban J connectivity index is 1.23. The summed E-state index contributed by atoms with van der Waals surface area (Å²) in [6.45, 7) is 7.19. The number of fused-ring (bicyclic) bond motifs is 1. The summed E-state index contributed by atoms with van der Waals surface area (Å²) >= 11 is 0. The molecule has 1 atom stereocenters. The molecule has 4 heterocycles. The van der Waals surface area contributed by atoms with Crippen molar-refractivity contribution in [3.8, 4) is 0 Å². The van der Waals surface area contributed by atoms with Gasteiger partial charge in [0, 0.05) is 57.3 Å². The SMILES string of the molecule is Cc1ccccc1N1CCN(C(=O)C2CCCN(c3cnc4nccnc4c3)C2)CC1. The lowest BCUT2D eigenvalue weighted by Crippen LogP contribution is -2.52. The van der Waals surface area contributed by atoms with E-state index in [0.29, 0.717) is 11.6 Å². The quantitative estimate of drug-likeness (QED) is 0.654. The Morgan fingerprint density at radius 2 is 1.77 bits per heavy atom. The average Bonchev–Trinajstić information content (AvgIpc) is 2.84. The highest BCUT2D eigenvalue weighted by atomic mass is 16.2. The Labute approximate surface area is 182 Å². The molecule has 0 saturated carbocycles. The largest absolute Gasteiger partial charge is 0.369 e. The van der Waals surface area contributed by atoms with Gasteiger partial charge in [-0.05, 0) is 37.5 Å². The van der Waals surface area contributed by atoms with Gasteiger partial charge in [0.1, 0.15) is 5.52 Å². The average molecular weight is 417 g/mol. The van der Waals surface area contributed by atoms with Gasteiger partial charge >= 0.3 is 0 Å². The normalized spacial score (nSPS) is 19.6. The molecule has 0 N–H and O–H groups in total. The molecule has 1 unspecified atom stereocenters. The molecule has 5 rings (SSSR count). The Morgan fingerprint density at radius 3 is 2.61 bits per heavy atom. The van der Waals surface area contributed by atoms with Gasteiger partial charge in [0.25, 0.3) is 0 Å². The monoisotopic (exact) mass is 416 g/mol. The number of nitrogens with zero attached hydrogens (tertiary/aromatic N) is 6. The lowest BCUT2D eigenvalue weighted by atomic mass is 9.95. The van der Waals surface area contributed by atoms with Crippen molar-refractivity contribution in [2.75, 3.05) is 49.1 Å². The van der Waals surface area contributed by atoms with Crippen molar-refractivity contribution in [3.05, 3.63) is 54.5 Å². The summed E-state index contributed by atoms with van der Waals surface area (Å²) in [6, 6.07) is 10.5. The molecule has 0 aliphatic carbocycles. The summed E-state index contributed by atoms with van der Waals surface area (Å²) in [6.07, 6.45) is 7.16. The molecule has 2 fully saturated rings. The molecule has 160 valence electrons. The summed E-state index contributed by atoms with van der Waals surface area (Å²) < 4.78 is 0. The van der Waals surface area contributed by atoms with Crippen molar-refractivity contribution < 1.29 is 4.79 Å². The highest BCUT2D eigenvalue weighted by Gasteiger charge is 2.31. The maximum atomic E-state index is 13.3. The smallest absolute Gasteiger partial charge is 0.227 e. The number of anilines is 2. The number of carbonyl (C=O) groups excluding carboxylic acids is 1. The molecule has 2 aliphatic heterocycles. The zero-order valence-corrected chi connectivity index (χ0v) is 17.9. The van der Waals surface area contributed by atoms with Crippen LogP contribution in [0.3, 0.4) is 0 Å². The first kappa shape index (κ1) is 19.7. The van der Waals surface area contributed by atoms with Crippen LogP contribution in [0.15, 0.2) is 48.9 Å². The van der Waals surface area contributed by atoms with Crippen LogP contribution in [0.1, 0.15) is 18.4 Å². The van der Waals surface area contributed by atoms with Crippen LogP contribution in [0.5, 0.6) is 0 Å². The number of carbonyl (C=O) groups is 1. The maximum absolute atomic E-state index is 13.3. The number of piperazine rings is 1. The predicted molar refractivity (Wildman–Crippen MR) is 122 cm³/mol. The first-order chi connectivity index (χ1) is 15.2. The second-order valence-electron chi connectivity index (χ2n) is 8.48. The molecular formula is C24H28N6O. The molecule has 3 aromatic rings. The zero-order valence-electron chi connectivity index (χ0n) is 17.9. The number of aryl methyl sites for hydroxylation is 1. The summed E-state index contributed by atoms with van der Waals surface area (Å²) in [4.78, 5) is 33.1. The van der Waals surface area contributed by atoms with Crippen molar-refractivity contribution in [2.45, 2.75) is 19.8 Å². The second-order valence-corrected chi connectivity index (χ2v) is 8.48. The van der Waals surface area contributed by atoms with Gasteiger partial charge in [-0.1, -0.05) is 18.2 Å². The fourth-order valence-electron chi connectivity index (χ4n) is 4.78. The summed E-state index contributed by atoms with van der Waals surface area (Å²) in [5.74, 6) is 0.332. The van der Waals surface area contributed by atoms with Crippen molar-refractivity contribution in [3.63, 3.8) is 0 Å². The molecule has 1 amide bonds. The number of pyridine rings is 1. The third-order valence-electron chi connectivity index (χ3n) is 6.49. The third kappa shape index (κ3) is 4.04. The highest BCUT2D eigenvalue weighted by molar-refractivity contribution is 5.80. The third-order valence-corrected chi connectivity index (χ3v) is 6.49. The first-order valence-electron chi connectivity index (χ1n) is 11.1. The first-order valence-corrected chi connectivity index (χ1v) is 11.1. The van der Waals surface area contributed by atoms with Crippen LogP contribution in [0.25, 0.3) is 11.2 Å². The van der Waals surface area contributed by atoms with Gasteiger partial charge < -0.3 is 14.7 Å². The fourth-order valence-corrected chi connectivity index (χ4v) is 4.78. The molecule has 0 radical (unpaired) electrons. The van der Waals surface area contributed by atoms with E-state index in [4.69, 9.17) is 0 Å². The Hall–Kier alpha value is -3.22. The van der Waals surface area contributed by atoms with E-state index in [2.05, 4.69) is 60.8 Å². The van der Waals surface area contributed by atoms with Crippen LogP contribution in [0.2, 0.25) is 0 Å². The van der Waals surface area contributed by atoms with Gasteiger partial charge in [-0.3, -0.25) is 9.78 Å². The van der Waals surface area contributed by atoms with E-state index < -0.39 is 0 Å². The molecule has 2 aliphatic rings. The Kier molecular flexibility index (Phi) is 5.40. The van der Waals surface area contributed by atoms with Crippen LogP contribution in [0, 0.1) is 12.8 Å². The minimum absolute atomic E-state index is 0.0383. The Morgan fingerprint density at radius 1 is 0.968 bits per heavy atom. The molecular weight excluding hydrogens is 388 g/mol. The summed E-state index contributed by atoms with van der Waals surface area (Å²) in [5.41, 5.74) is 5.04. The van der Waals surface area contributed by atoms with E-state index in [1.807, 2.05) is 12.3 Å². The van der Waals surface area contributed by atoms with Gasteiger partial charge in [-0.25, -0.2) is 9.97 Å². The number of benzene rings is 1. The van der Waals surface area contributed by atoms with Crippen molar-refractivity contribution >= 4 is 28.4 Å². The van der Waals surface area contributed by atoms with E-state index in [9.17, 15) is 4.79 Å². The van der Waals surface area contributed by atoms with Crippen LogP contribution >= 0.6 is 0 Å². The zero-order chi connectivity index (χ0) is 21.2. The lowest BCUT2D eigenvalue weighted by Gasteiger charge is -2.40. The summed E-state index contributed by atoms with van der Waals surface area (Å²) in [5, 5.41) is 0. The number of hydrogen-bond acceptors (Lipinski definition) is 6.